The van der Waals surface area contributed by atoms with Gasteiger partial charge in [0.15, 0.2) is 0 Å². The summed E-state index contributed by atoms with van der Waals surface area (Å²) < 4.78 is 0. The highest BCUT2D eigenvalue weighted by atomic mass is 35.5. The first-order valence-electron chi connectivity index (χ1n) is 6.80. The molecule has 5 nitrogen and oxygen atoms in total. The summed E-state index contributed by atoms with van der Waals surface area (Å²) in [5, 5.41) is 12.0. The molecule has 1 heterocycles. The third-order valence-corrected chi connectivity index (χ3v) is 4.07. The van der Waals surface area contributed by atoms with Gasteiger partial charge in [0.1, 0.15) is 0 Å². The number of carbonyl (C=O) groups is 1. The molecule has 0 saturated heterocycles. The number of carbonyl (C=O) groups excluding carboxylic acids is 1. The number of nitrogens with one attached hydrogen (secondary N) is 1. The highest BCUT2D eigenvalue weighted by Gasteiger charge is 2.11. The molecule has 2 aromatic carbocycles. The van der Waals surface area contributed by atoms with Crippen LogP contribution in [0, 0.1) is 0 Å². The van der Waals surface area contributed by atoms with Crippen LogP contribution >= 0.6 is 34.5 Å². The first kappa shape index (κ1) is 16.6. The third-order valence-electron chi connectivity index (χ3n) is 2.88. The topological polar surface area (TPSA) is 67.2 Å². The normalized spacial score (nSPS) is 10.9. The van der Waals surface area contributed by atoms with Crippen LogP contribution in [-0.2, 0) is 0 Å². The molecule has 0 aliphatic rings. The van der Waals surface area contributed by atoms with Crippen LogP contribution in [0.3, 0.4) is 0 Å². The van der Waals surface area contributed by atoms with Gasteiger partial charge in [-0.25, -0.2) is 4.99 Å². The molecule has 3 rings (SSSR count). The quantitative estimate of drug-likeness (QED) is 0.661. The minimum Gasteiger partial charge on any atom is -0.296 e. The van der Waals surface area contributed by atoms with Crippen molar-refractivity contribution in [1.82, 2.24) is 10.2 Å². The minimum atomic E-state index is -0.367. The number of amides is 1. The second-order valence-electron chi connectivity index (χ2n) is 4.67. The molecule has 0 bridgehead atoms. The van der Waals surface area contributed by atoms with Crippen molar-refractivity contribution in [3.63, 3.8) is 0 Å². The fourth-order valence-corrected chi connectivity index (χ4v) is 2.95. The second-order valence-corrected chi connectivity index (χ2v) is 6.50. The third kappa shape index (κ3) is 4.38. The van der Waals surface area contributed by atoms with E-state index in [-0.39, 0.29) is 5.91 Å². The first-order valence-corrected chi connectivity index (χ1v) is 8.37. The van der Waals surface area contributed by atoms with E-state index in [0.717, 1.165) is 5.56 Å². The molecular weight excluding hydrogens is 367 g/mol. The fourth-order valence-electron chi connectivity index (χ4n) is 1.84. The van der Waals surface area contributed by atoms with Gasteiger partial charge in [-0.05, 0) is 23.8 Å². The molecule has 0 fully saturated rings. The zero-order chi connectivity index (χ0) is 16.9. The molecule has 0 aliphatic heterocycles. The molecular formula is C16H10Cl2N4OS. The van der Waals surface area contributed by atoms with Crippen molar-refractivity contribution < 1.29 is 4.79 Å². The van der Waals surface area contributed by atoms with E-state index in [4.69, 9.17) is 23.2 Å². The Morgan fingerprint density at radius 1 is 1.08 bits per heavy atom. The van der Waals surface area contributed by atoms with Gasteiger partial charge in [0, 0.05) is 21.8 Å². The van der Waals surface area contributed by atoms with E-state index in [1.165, 1.54) is 23.5 Å². The maximum Gasteiger partial charge on any atom is 0.257 e. The van der Waals surface area contributed by atoms with Gasteiger partial charge in [0.2, 0.25) is 10.3 Å². The molecule has 24 heavy (non-hydrogen) atoms. The van der Waals surface area contributed by atoms with Crippen molar-refractivity contribution >= 4 is 56.9 Å². The molecule has 3 aromatic rings. The van der Waals surface area contributed by atoms with Gasteiger partial charge in [0.25, 0.3) is 5.91 Å². The Labute approximate surface area is 152 Å². The summed E-state index contributed by atoms with van der Waals surface area (Å²) in [5.41, 5.74) is 1.30. The lowest BCUT2D eigenvalue weighted by molar-refractivity contribution is 0.102. The van der Waals surface area contributed by atoms with Crippen LogP contribution in [-0.4, -0.2) is 22.3 Å². The van der Waals surface area contributed by atoms with E-state index >= 15 is 0 Å². The molecule has 1 N–H and O–H groups in total. The zero-order valence-corrected chi connectivity index (χ0v) is 14.4. The average Bonchev–Trinajstić information content (AvgIpc) is 3.00. The summed E-state index contributed by atoms with van der Waals surface area (Å²) in [5.74, 6) is -0.367. The van der Waals surface area contributed by atoms with Gasteiger partial charge in [-0.1, -0.05) is 64.9 Å². The van der Waals surface area contributed by atoms with Crippen LogP contribution in [0.15, 0.2) is 53.5 Å². The number of hydrogen-bond acceptors (Lipinski definition) is 5. The van der Waals surface area contributed by atoms with E-state index in [9.17, 15) is 4.79 Å². The molecule has 1 amide bonds. The lowest BCUT2D eigenvalue weighted by Crippen LogP contribution is -2.11. The Balaban J connectivity index is 1.69. The average molecular weight is 377 g/mol. The van der Waals surface area contributed by atoms with E-state index in [1.807, 2.05) is 30.3 Å². The predicted molar refractivity (Wildman–Crippen MR) is 98.0 cm³/mol. The Hall–Kier alpha value is -2.28. The highest BCUT2D eigenvalue weighted by Crippen LogP contribution is 2.24. The van der Waals surface area contributed by atoms with E-state index < -0.39 is 0 Å². The van der Waals surface area contributed by atoms with Gasteiger partial charge in [-0.15, -0.1) is 10.2 Å². The van der Waals surface area contributed by atoms with Crippen LogP contribution in [0.2, 0.25) is 10.0 Å². The number of benzene rings is 2. The van der Waals surface area contributed by atoms with E-state index in [2.05, 4.69) is 20.5 Å². The molecule has 0 unspecified atom stereocenters. The number of hydrogen-bond donors (Lipinski definition) is 1. The van der Waals surface area contributed by atoms with Crippen molar-refractivity contribution in [2.75, 3.05) is 5.32 Å². The van der Waals surface area contributed by atoms with Crippen LogP contribution in [0.4, 0.5) is 10.3 Å². The summed E-state index contributed by atoms with van der Waals surface area (Å²) in [6, 6.07) is 14.2. The highest BCUT2D eigenvalue weighted by molar-refractivity contribution is 7.18. The molecule has 1 aromatic heterocycles. The Bertz CT molecular complexity index is 876. The summed E-state index contributed by atoms with van der Waals surface area (Å²) in [6.45, 7) is 0. The number of anilines is 1. The standard InChI is InChI=1S/C16H10Cl2N4OS/c17-12-6-11(7-13(18)8-12)14(23)20-16-22-21-15(24-16)19-9-10-4-2-1-3-5-10/h1-9H,(H,20,22,23). The summed E-state index contributed by atoms with van der Waals surface area (Å²) >= 11 is 12.9. The molecule has 0 aliphatic carbocycles. The number of nitrogens with zero attached hydrogens (tertiary/aromatic N) is 3. The molecule has 8 heteroatoms. The van der Waals surface area contributed by atoms with Crippen molar-refractivity contribution in [3.8, 4) is 0 Å². The lowest BCUT2D eigenvalue weighted by atomic mass is 10.2. The van der Waals surface area contributed by atoms with Gasteiger partial charge < -0.3 is 0 Å². The van der Waals surface area contributed by atoms with Gasteiger partial charge in [0.05, 0.1) is 0 Å². The van der Waals surface area contributed by atoms with Crippen molar-refractivity contribution in [1.29, 1.82) is 0 Å². The molecule has 120 valence electrons. The lowest BCUT2D eigenvalue weighted by Gasteiger charge is -2.02. The zero-order valence-electron chi connectivity index (χ0n) is 12.1. The van der Waals surface area contributed by atoms with E-state index in [1.54, 1.807) is 12.3 Å². The number of aliphatic imine (C=N–C) groups is 1. The minimum absolute atomic E-state index is 0.344. The van der Waals surface area contributed by atoms with Crippen molar-refractivity contribution in [2.45, 2.75) is 0 Å². The smallest absolute Gasteiger partial charge is 0.257 e. The number of halogens is 2. The summed E-state index contributed by atoms with van der Waals surface area (Å²) in [4.78, 5) is 16.4. The molecule has 0 atom stereocenters. The Morgan fingerprint density at radius 3 is 2.50 bits per heavy atom. The van der Waals surface area contributed by atoms with Crippen LogP contribution in [0.5, 0.6) is 0 Å². The first-order chi connectivity index (χ1) is 11.6. The SMILES string of the molecule is O=C(Nc1nnc(N=Cc2ccccc2)s1)c1cc(Cl)cc(Cl)c1. The van der Waals surface area contributed by atoms with Gasteiger partial charge in [-0.3, -0.25) is 10.1 Å². The van der Waals surface area contributed by atoms with Crippen molar-refractivity contribution in [2.24, 2.45) is 4.99 Å². The fraction of sp³-hybridized carbons (Fsp3) is 0. The molecule has 0 spiro atoms. The van der Waals surface area contributed by atoms with Gasteiger partial charge >= 0.3 is 0 Å². The molecule has 0 radical (unpaired) electrons. The Kier molecular flexibility index (Phi) is 5.20. The van der Waals surface area contributed by atoms with Gasteiger partial charge in [-0.2, -0.15) is 0 Å². The van der Waals surface area contributed by atoms with Crippen LogP contribution in [0.25, 0.3) is 0 Å². The Morgan fingerprint density at radius 2 is 1.79 bits per heavy atom. The summed E-state index contributed by atoms with van der Waals surface area (Å²) in [7, 11) is 0. The number of rotatable bonds is 4. The van der Waals surface area contributed by atoms with Crippen LogP contribution < -0.4 is 5.32 Å². The maximum atomic E-state index is 12.2. The number of aromatic nitrogens is 2. The largest absolute Gasteiger partial charge is 0.296 e. The second kappa shape index (κ2) is 7.53. The van der Waals surface area contributed by atoms with Crippen LogP contribution in [0.1, 0.15) is 15.9 Å². The maximum absolute atomic E-state index is 12.2. The van der Waals surface area contributed by atoms with E-state index in [0.29, 0.717) is 25.9 Å². The molecule has 0 saturated carbocycles. The summed E-state index contributed by atoms with van der Waals surface area (Å²) in [6.07, 6.45) is 1.68. The monoisotopic (exact) mass is 376 g/mol. The van der Waals surface area contributed by atoms with Crippen molar-refractivity contribution in [3.05, 3.63) is 69.7 Å². The predicted octanol–water partition coefficient (Wildman–Crippen LogP) is 4.85.